The number of carbonyl (C=O) groups is 2. The van der Waals surface area contributed by atoms with Crippen molar-refractivity contribution in [3.63, 3.8) is 0 Å². The highest BCUT2D eigenvalue weighted by molar-refractivity contribution is 6.03. The van der Waals surface area contributed by atoms with Gasteiger partial charge in [0, 0.05) is 0 Å². The quantitative estimate of drug-likeness (QED) is 0.475. The van der Waals surface area contributed by atoms with Crippen LogP contribution in [0, 0.1) is 0 Å². The molecule has 0 bridgehead atoms. The maximum Gasteiger partial charge on any atom is 0.339 e. The Morgan fingerprint density at radius 2 is 1.32 bits per heavy atom. The van der Waals surface area contributed by atoms with Gasteiger partial charge in [-0.15, -0.1) is 0 Å². The van der Waals surface area contributed by atoms with Gasteiger partial charge in [0.05, 0.1) is 24.3 Å². The van der Waals surface area contributed by atoms with E-state index in [9.17, 15) is 9.59 Å². The Morgan fingerprint density at radius 3 is 1.86 bits per heavy atom. The van der Waals surface area contributed by atoms with E-state index in [-0.39, 0.29) is 11.1 Å². The molecule has 0 radical (unpaired) electrons. The zero-order chi connectivity index (χ0) is 16.2. The van der Waals surface area contributed by atoms with Gasteiger partial charge in [-0.1, -0.05) is 51.7 Å². The zero-order valence-electron chi connectivity index (χ0n) is 13.6. The molecule has 0 atom stereocenters. The van der Waals surface area contributed by atoms with Crippen LogP contribution in [0.4, 0.5) is 0 Å². The minimum Gasteiger partial charge on any atom is -0.462 e. The molecule has 0 unspecified atom stereocenters. The molecular formula is C18H26O4. The van der Waals surface area contributed by atoms with Crippen molar-refractivity contribution >= 4 is 11.9 Å². The SMILES string of the molecule is CCCCCCCOC(=O)c1ccccc1C(=O)OCCC. The molecule has 1 rings (SSSR count). The van der Waals surface area contributed by atoms with Gasteiger partial charge in [0.1, 0.15) is 0 Å². The highest BCUT2D eigenvalue weighted by Crippen LogP contribution is 2.13. The molecule has 4 nitrogen and oxygen atoms in total. The molecule has 0 saturated carbocycles. The molecule has 0 aromatic heterocycles. The van der Waals surface area contributed by atoms with Gasteiger partial charge in [-0.05, 0) is 25.0 Å². The lowest BCUT2D eigenvalue weighted by molar-refractivity contribution is 0.0454. The molecule has 0 N–H and O–H groups in total. The summed E-state index contributed by atoms with van der Waals surface area (Å²) in [6.45, 7) is 4.82. The van der Waals surface area contributed by atoms with E-state index >= 15 is 0 Å². The molecular weight excluding hydrogens is 280 g/mol. The number of unbranched alkanes of at least 4 members (excludes halogenated alkanes) is 4. The summed E-state index contributed by atoms with van der Waals surface area (Å²) in [4.78, 5) is 24.0. The second kappa shape index (κ2) is 10.8. The summed E-state index contributed by atoms with van der Waals surface area (Å²) in [5.41, 5.74) is 0.545. The fraction of sp³-hybridized carbons (Fsp3) is 0.556. The second-order valence-corrected chi connectivity index (χ2v) is 5.23. The maximum atomic E-state index is 12.1. The Balaban J connectivity index is 2.52. The topological polar surface area (TPSA) is 52.6 Å². The van der Waals surface area contributed by atoms with E-state index in [1.54, 1.807) is 24.3 Å². The van der Waals surface area contributed by atoms with Gasteiger partial charge >= 0.3 is 11.9 Å². The summed E-state index contributed by atoms with van der Waals surface area (Å²) in [5.74, 6) is -0.933. The number of rotatable bonds is 10. The summed E-state index contributed by atoms with van der Waals surface area (Å²) in [5, 5.41) is 0. The molecule has 0 aliphatic carbocycles. The molecule has 0 saturated heterocycles. The largest absolute Gasteiger partial charge is 0.462 e. The van der Waals surface area contributed by atoms with Crippen LogP contribution in [0.5, 0.6) is 0 Å². The molecule has 0 fully saturated rings. The van der Waals surface area contributed by atoms with E-state index in [4.69, 9.17) is 9.47 Å². The minimum atomic E-state index is -0.475. The molecule has 0 heterocycles. The van der Waals surface area contributed by atoms with E-state index in [0.29, 0.717) is 13.2 Å². The lowest BCUT2D eigenvalue weighted by Gasteiger charge is -2.09. The van der Waals surface area contributed by atoms with E-state index < -0.39 is 11.9 Å². The average Bonchev–Trinajstić information content (AvgIpc) is 2.55. The fourth-order valence-corrected chi connectivity index (χ4v) is 2.06. The van der Waals surface area contributed by atoms with Gasteiger partial charge in [0.15, 0.2) is 0 Å². The molecule has 0 aliphatic heterocycles. The van der Waals surface area contributed by atoms with Crippen LogP contribution >= 0.6 is 0 Å². The molecule has 122 valence electrons. The molecule has 22 heavy (non-hydrogen) atoms. The number of carbonyl (C=O) groups excluding carboxylic acids is 2. The minimum absolute atomic E-state index is 0.270. The van der Waals surface area contributed by atoms with Gasteiger partial charge in [0.2, 0.25) is 0 Å². The summed E-state index contributed by atoms with van der Waals surface area (Å²) in [7, 11) is 0. The van der Waals surface area contributed by atoms with Crippen molar-refractivity contribution in [2.24, 2.45) is 0 Å². The van der Waals surface area contributed by atoms with Gasteiger partial charge in [-0.2, -0.15) is 0 Å². The third kappa shape index (κ3) is 6.29. The number of benzene rings is 1. The van der Waals surface area contributed by atoms with Crippen molar-refractivity contribution in [1.82, 2.24) is 0 Å². The highest BCUT2D eigenvalue weighted by Gasteiger charge is 2.18. The number of ether oxygens (including phenoxy) is 2. The van der Waals surface area contributed by atoms with Crippen LogP contribution in [0.1, 0.15) is 73.1 Å². The molecule has 0 spiro atoms. The Labute approximate surface area is 132 Å². The van der Waals surface area contributed by atoms with Gasteiger partial charge in [-0.25, -0.2) is 9.59 Å². The lowest BCUT2D eigenvalue weighted by Crippen LogP contribution is -2.14. The first kappa shape index (κ1) is 18.2. The monoisotopic (exact) mass is 306 g/mol. The van der Waals surface area contributed by atoms with E-state index in [0.717, 1.165) is 25.7 Å². The van der Waals surface area contributed by atoms with Gasteiger partial charge < -0.3 is 9.47 Å². The number of hydrogen-bond acceptors (Lipinski definition) is 4. The van der Waals surface area contributed by atoms with Crippen LogP contribution in [0.25, 0.3) is 0 Å². The van der Waals surface area contributed by atoms with Crippen LogP contribution < -0.4 is 0 Å². The van der Waals surface area contributed by atoms with Crippen LogP contribution in [-0.4, -0.2) is 25.2 Å². The first-order valence-electron chi connectivity index (χ1n) is 8.14. The van der Waals surface area contributed by atoms with Crippen molar-refractivity contribution in [3.05, 3.63) is 35.4 Å². The highest BCUT2D eigenvalue weighted by atomic mass is 16.5. The number of hydrogen-bond donors (Lipinski definition) is 0. The summed E-state index contributed by atoms with van der Waals surface area (Å²) < 4.78 is 10.3. The predicted molar refractivity (Wildman–Crippen MR) is 86.1 cm³/mol. The van der Waals surface area contributed by atoms with Crippen LogP contribution in [0.3, 0.4) is 0 Å². The molecule has 1 aromatic rings. The Hall–Kier alpha value is -1.84. The smallest absolute Gasteiger partial charge is 0.339 e. The van der Waals surface area contributed by atoms with Crippen molar-refractivity contribution in [2.45, 2.75) is 52.4 Å². The lowest BCUT2D eigenvalue weighted by atomic mass is 10.1. The molecule has 0 aliphatic rings. The van der Waals surface area contributed by atoms with Crippen molar-refractivity contribution in [2.75, 3.05) is 13.2 Å². The number of esters is 2. The average molecular weight is 306 g/mol. The Kier molecular flexibility index (Phi) is 8.96. The van der Waals surface area contributed by atoms with Gasteiger partial charge in [0.25, 0.3) is 0 Å². The van der Waals surface area contributed by atoms with Crippen molar-refractivity contribution < 1.29 is 19.1 Å². The maximum absolute atomic E-state index is 12.1. The van der Waals surface area contributed by atoms with Crippen molar-refractivity contribution in [1.29, 1.82) is 0 Å². The Morgan fingerprint density at radius 1 is 0.773 bits per heavy atom. The third-order valence-electron chi connectivity index (χ3n) is 3.29. The van der Waals surface area contributed by atoms with Crippen LogP contribution in [0.15, 0.2) is 24.3 Å². The Bertz CT molecular complexity index is 468. The van der Waals surface area contributed by atoms with E-state index in [1.165, 1.54) is 12.8 Å². The van der Waals surface area contributed by atoms with E-state index in [1.807, 2.05) is 6.92 Å². The van der Waals surface area contributed by atoms with E-state index in [2.05, 4.69) is 6.92 Å². The third-order valence-corrected chi connectivity index (χ3v) is 3.29. The molecule has 1 aromatic carbocycles. The molecule has 0 amide bonds. The van der Waals surface area contributed by atoms with Crippen LogP contribution in [-0.2, 0) is 9.47 Å². The fourth-order valence-electron chi connectivity index (χ4n) is 2.06. The summed E-state index contributed by atoms with van der Waals surface area (Å²) in [6, 6.07) is 6.62. The van der Waals surface area contributed by atoms with Crippen molar-refractivity contribution in [3.8, 4) is 0 Å². The zero-order valence-corrected chi connectivity index (χ0v) is 13.6. The first-order valence-corrected chi connectivity index (χ1v) is 8.14. The normalized spacial score (nSPS) is 10.3. The summed E-state index contributed by atoms with van der Waals surface area (Å²) in [6.07, 6.45) is 6.21. The first-order chi connectivity index (χ1) is 10.7. The molecule has 4 heteroatoms. The van der Waals surface area contributed by atoms with Crippen LogP contribution in [0.2, 0.25) is 0 Å². The predicted octanol–water partition coefficient (Wildman–Crippen LogP) is 4.38. The summed E-state index contributed by atoms with van der Waals surface area (Å²) >= 11 is 0. The standard InChI is InChI=1S/C18H26O4/c1-3-5-6-7-10-14-22-18(20)16-12-9-8-11-15(16)17(19)21-13-4-2/h8-9,11-12H,3-7,10,13-14H2,1-2H3. The van der Waals surface area contributed by atoms with Gasteiger partial charge in [-0.3, -0.25) is 0 Å². The second-order valence-electron chi connectivity index (χ2n) is 5.23.